The quantitative estimate of drug-likeness (QED) is 0.475. The van der Waals surface area contributed by atoms with Gasteiger partial charge in [0.25, 0.3) is 0 Å². The fourth-order valence-corrected chi connectivity index (χ4v) is 0.767. The summed E-state index contributed by atoms with van der Waals surface area (Å²) in [6, 6.07) is 0. The first-order valence-electron chi connectivity index (χ1n) is 2.33. The molecule has 0 fully saturated rings. The minimum Gasteiger partial charge on any atom is -0.748 e. The minimum atomic E-state index is -2.47. The number of aliphatic imine (C=N–C) groups is 1. The van der Waals surface area contributed by atoms with Crippen molar-refractivity contribution >= 4 is 17.7 Å². The first kappa shape index (κ1) is 6.66. The predicted octanol–water partition coefficient (Wildman–Crippen LogP) is -0.944. The highest BCUT2D eigenvalue weighted by molar-refractivity contribution is 7.74. The zero-order valence-electron chi connectivity index (χ0n) is 4.52. The second-order valence-electron chi connectivity index (χ2n) is 1.44. The third kappa shape index (κ3) is 2.08. The molecule has 1 atom stereocenters. The summed E-state index contributed by atoms with van der Waals surface area (Å²) in [4.78, 5) is 3.72. The Bertz CT molecular complexity index is 148. The molecule has 0 bridgehead atoms. The van der Waals surface area contributed by atoms with Crippen LogP contribution in [0, 0.1) is 0 Å². The molecule has 1 aliphatic heterocycles. The lowest BCUT2D eigenvalue weighted by atomic mass is 10.7. The van der Waals surface area contributed by atoms with E-state index in [-0.39, 0.29) is 0 Å². The summed E-state index contributed by atoms with van der Waals surface area (Å²) in [5.74, 6) is 0. The van der Waals surface area contributed by atoms with Crippen molar-refractivity contribution in [3.8, 4) is 0 Å². The highest BCUT2D eigenvalue weighted by Gasteiger charge is 2.04. The van der Waals surface area contributed by atoms with Gasteiger partial charge in [0, 0.05) is 0 Å². The van der Waals surface area contributed by atoms with Crippen molar-refractivity contribution in [3.63, 3.8) is 0 Å². The van der Waals surface area contributed by atoms with Crippen LogP contribution in [0.5, 0.6) is 0 Å². The maximum Gasteiger partial charge on any atom is 0.112 e. The standard InChI is InChI=1S/C3H6N2O3S/c6-9(7)8-5-2-1-4-3-5/h3H,1-2H2,(H,6,7)/p-1. The number of hydrogen-bond donors (Lipinski definition) is 0. The largest absolute Gasteiger partial charge is 0.748 e. The van der Waals surface area contributed by atoms with E-state index in [1.807, 2.05) is 0 Å². The Hall–Kier alpha value is -0.460. The average Bonchev–Trinajstić information content (AvgIpc) is 2.15. The zero-order chi connectivity index (χ0) is 6.69. The van der Waals surface area contributed by atoms with Gasteiger partial charge in [-0.05, 0) is 0 Å². The Kier molecular flexibility index (Phi) is 2.15. The third-order valence-electron chi connectivity index (χ3n) is 0.817. The van der Waals surface area contributed by atoms with E-state index in [0.717, 1.165) is 5.06 Å². The summed E-state index contributed by atoms with van der Waals surface area (Å²) >= 11 is -2.47. The van der Waals surface area contributed by atoms with E-state index in [9.17, 15) is 8.76 Å². The molecule has 0 saturated carbocycles. The van der Waals surface area contributed by atoms with Gasteiger partial charge in [-0.1, -0.05) is 0 Å². The molecule has 0 aliphatic carbocycles. The number of rotatable bonds is 2. The van der Waals surface area contributed by atoms with Crippen LogP contribution in [0.3, 0.4) is 0 Å². The molecular weight excluding hydrogens is 144 g/mol. The number of hydrogen-bond acceptors (Lipinski definition) is 5. The first-order valence-corrected chi connectivity index (χ1v) is 3.33. The van der Waals surface area contributed by atoms with Gasteiger partial charge in [0.05, 0.1) is 13.1 Å². The molecule has 0 aromatic carbocycles. The van der Waals surface area contributed by atoms with Gasteiger partial charge in [-0.15, -0.1) is 0 Å². The van der Waals surface area contributed by atoms with Gasteiger partial charge >= 0.3 is 0 Å². The second-order valence-corrected chi connectivity index (χ2v) is 2.00. The molecule has 6 heteroatoms. The van der Waals surface area contributed by atoms with E-state index >= 15 is 0 Å². The molecule has 1 heterocycles. The maximum absolute atomic E-state index is 9.83. The SMILES string of the molecule is O=S([O-])ON1C=NCC1. The molecular formula is C3H5N2O3S-. The normalized spacial score (nSPS) is 20.8. The lowest BCUT2D eigenvalue weighted by Crippen LogP contribution is -2.20. The summed E-state index contributed by atoms with van der Waals surface area (Å²) < 4.78 is 23.9. The van der Waals surface area contributed by atoms with Gasteiger partial charge in [-0.2, -0.15) is 4.28 Å². The van der Waals surface area contributed by atoms with E-state index in [2.05, 4.69) is 9.28 Å². The lowest BCUT2D eigenvalue weighted by molar-refractivity contribution is 0.0419. The van der Waals surface area contributed by atoms with Crippen molar-refractivity contribution in [3.05, 3.63) is 0 Å². The zero-order valence-corrected chi connectivity index (χ0v) is 5.34. The summed E-state index contributed by atoms with van der Waals surface area (Å²) in [7, 11) is 0. The van der Waals surface area contributed by atoms with E-state index in [1.54, 1.807) is 0 Å². The molecule has 1 aliphatic rings. The molecule has 0 aromatic heterocycles. The number of nitrogens with zero attached hydrogens (tertiary/aromatic N) is 2. The highest BCUT2D eigenvalue weighted by atomic mass is 32.2. The Balaban J connectivity index is 2.28. The van der Waals surface area contributed by atoms with Gasteiger partial charge in [-0.3, -0.25) is 4.99 Å². The minimum absolute atomic E-state index is 0.508. The van der Waals surface area contributed by atoms with Gasteiger partial charge in [-0.25, -0.2) is 9.27 Å². The van der Waals surface area contributed by atoms with Crippen LogP contribution in [-0.2, 0) is 15.6 Å². The molecule has 0 radical (unpaired) electrons. The van der Waals surface area contributed by atoms with Gasteiger partial charge < -0.3 is 4.55 Å². The monoisotopic (exact) mass is 149 g/mol. The van der Waals surface area contributed by atoms with Crippen molar-refractivity contribution in [1.82, 2.24) is 5.06 Å². The van der Waals surface area contributed by atoms with E-state index in [4.69, 9.17) is 0 Å². The topological polar surface area (TPSA) is 65.0 Å². The summed E-state index contributed by atoms with van der Waals surface area (Å²) in [6.07, 6.45) is 1.34. The van der Waals surface area contributed by atoms with Crippen LogP contribution in [0.15, 0.2) is 4.99 Å². The van der Waals surface area contributed by atoms with Crippen LogP contribution in [0.25, 0.3) is 0 Å². The van der Waals surface area contributed by atoms with Gasteiger partial charge in [0.1, 0.15) is 17.7 Å². The fraction of sp³-hybridized carbons (Fsp3) is 0.667. The van der Waals surface area contributed by atoms with Crippen LogP contribution in [-0.4, -0.2) is 33.3 Å². The highest BCUT2D eigenvalue weighted by Crippen LogP contribution is 1.94. The van der Waals surface area contributed by atoms with Crippen molar-refractivity contribution in [2.45, 2.75) is 0 Å². The Morgan fingerprint density at radius 3 is 3.11 bits per heavy atom. The summed E-state index contributed by atoms with van der Waals surface area (Å²) in [5.41, 5.74) is 0. The van der Waals surface area contributed by atoms with Gasteiger partial charge in [0.15, 0.2) is 0 Å². The Morgan fingerprint density at radius 1 is 1.89 bits per heavy atom. The summed E-state index contributed by atoms with van der Waals surface area (Å²) in [5, 5.41) is 1.16. The van der Waals surface area contributed by atoms with Crippen molar-refractivity contribution < 1.29 is 13.0 Å². The first-order chi connectivity index (χ1) is 4.29. The van der Waals surface area contributed by atoms with Crippen LogP contribution in [0.2, 0.25) is 0 Å². The van der Waals surface area contributed by atoms with E-state index in [0.29, 0.717) is 13.1 Å². The number of hydroxylamine groups is 2. The molecule has 0 spiro atoms. The lowest BCUT2D eigenvalue weighted by Gasteiger charge is -2.13. The molecule has 9 heavy (non-hydrogen) atoms. The molecule has 0 aromatic rings. The molecule has 0 N–H and O–H groups in total. The fourth-order valence-electron chi connectivity index (χ4n) is 0.498. The van der Waals surface area contributed by atoms with Crippen LogP contribution in [0.4, 0.5) is 0 Å². The summed E-state index contributed by atoms with van der Waals surface area (Å²) in [6.45, 7) is 1.10. The average molecular weight is 149 g/mol. The second kappa shape index (κ2) is 2.90. The van der Waals surface area contributed by atoms with Crippen molar-refractivity contribution in [2.75, 3.05) is 13.1 Å². The van der Waals surface area contributed by atoms with Crippen LogP contribution < -0.4 is 0 Å². The maximum atomic E-state index is 9.83. The van der Waals surface area contributed by atoms with Crippen LogP contribution in [0.1, 0.15) is 0 Å². The molecule has 0 saturated heterocycles. The Morgan fingerprint density at radius 2 is 2.67 bits per heavy atom. The van der Waals surface area contributed by atoms with Crippen molar-refractivity contribution in [1.29, 1.82) is 0 Å². The van der Waals surface area contributed by atoms with E-state index in [1.165, 1.54) is 6.34 Å². The molecule has 52 valence electrons. The van der Waals surface area contributed by atoms with Crippen LogP contribution >= 0.6 is 0 Å². The molecule has 5 nitrogen and oxygen atoms in total. The third-order valence-corrected chi connectivity index (χ3v) is 1.13. The molecule has 1 unspecified atom stereocenters. The smallest absolute Gasteiger partial charge is 0.112 e. The van der Waals surface area contributed by atoms with E-state index < -0.39 is 11.4 Å². The molecule has 1 rings (SSSR count). The van der Waals surface area contributed by atoms with Gasteiger partial charge in [0.2, 0.25) is 0 Å². The predicted molar refractivity (Wildman–Crippen MR) is 30.1 cm³/mol. The Labute approximate surface area is 54.8 Å². The molecule has 0 amide bonds. The van der Waals surface area contributed by atoms with Crippen molar-refractivity contribution in [2.24, 2.45) is 4.99 Å².